The van der Waals surface area contributed by atoms with E-state index in [-0.39, 0.29) is 34.7 Å². The molecule has 0 aliphatic rings. The van der Waals surface area contributed by atoms with Gasteiger partial charge in [-0.05, 0) is 54.8 Å². The van der Waals surface area contributed by atoms with Crippen LogP contribution < -0.4 is 19.1 Å². The van der Waals surface area contributed by atoms with Gasteiger partial charge in [0.25, 0.3) is 10.0 Å². The minimum Gasteiger partial charge on any atom is -0.493 e. The summed E-state index contributed by atoms with van der Waals surface area (Å²) >= 11 is 12.5. The van der Waals surface area contributed by atoms with E-state index in [9.17, 15) is 18.0 Å². The van der Waals surface area contributed by atoms with Crippen molar-refractivity contribution in [3.05, 3.63) is 82.3 Å². The molecule has 1 atom stereocenters. The Morgan fingerprint density at radius 2 is 1.57 bits per heavy atom. The first-order chi connectivity index (χ1) is 19.9. The number of carbonyl (C=O) groups excluding carboxylic acids is 2. The van der Waals surface area contributed by atoms with Gasteiger partial charge < -0.3 is 19.7 Å². The highest BCUT2D eigenvalue weighted by atomic mass is 35.5. The maximum atomic E-state index is 14.1. The highest BCUT2D eigenvalue weighted by Crippen LogP contribution is 2.34. The van der Waals surface area contributed by atoms with E-state index in [0.29, 0.717) is 27.9 Å². The molecule has 42 heavy (non-hydrogen) atoms. The molecule has 2 amide bonds. The van der Waals surface area contributed by atoms with Gasteiger partial charge >= 0.3 is 0 Å². The number of anilines is 1. The fourth-order valence-electron chi connectivity index (χ4n) is 4.10. The minimum atomic E-state index is -4.24. The zero-order valence-corrected chi connectivity index (χ0v) is 26.5. The van der Waals surface area contributed by atoms with Crippen LogP contribution in [0, 0.1) is 5.92 Å². The molecule has 0 saturated carbocycles. The normalized spacial score (nSPS) is 12.0. The summed E-state index contributed by atoms with van der Waals surface area (Å²) in [5.74, 6) is -0.151. The fraction of sp³-hybridized carbons (Fsp3) is 0.333. The number of methoxy groups -OCH3 is 2. The van der Waals surface area contributed by atoms with Gasteiger partial charge in [-0.1, -0.05) is 61.3 Å². The first-order valence-corrected chi connectivity index (χ1v) is 15.4. The topological polar surface area (TPSA) is 105 Å². The fourth-order valence-corrected chi connectivity index (χ4v) is 5.99. The predicted octanol–water partition coefficient (Wildman–Crippen LogP) is 5.40. The van der Waals surface area contributed by atoms with Crippen LogP contribution in [0.25, 0.3) is 0 Å². The molecule has 0 aliphatic carbocycles. The third kappa shape index (κ3) is 8.08. The molecule has 226 valence electrons. The smallest absolute Gasteiger partial charge is 0.264 e. The number of halogens is 2. The van der Waals surface area contributed by atoms with Crippen molar-refractivity contribution in [3.63, 3.8) is 0 Å². The zero-order valence-electron chi connectivity index (χ0n) is 24.1. The lowest BCUT2D eigenvalue weighted by Crippen LogP contribution is -2.51. The third-order valence-electron chi connectivity index (χ3n) is 6.47. The first kappa shape index (κ1) is 33.0. The number of nitrogens with zero attached hydrogens (tertiary/aromatic N) is 2. The van der Waals surface area contributed by atoms with Crippen LogP contribution in [0.15, 0.2) is 71.6 Å². The van der Waals surface area contributed by atoms with Crippen molar-refractivity contribution < 1.29 is 27.5 Å². The Morgan fingerprint density at radius 1 is 0.905 bits per heavy atom. The van der Waals surface area contributed by atoms with E-state index < -0.39 is 28.5 Å². The second-order valence-electron chi connectivity index (χ2n) is 9.94. The molecule has 0 heterocycles. The molecular weight excluding hydrogens is 601 g/mol. The number of rotatable bonds is 13. The second-order valence-corrected chi connectivity index (χ2v) is 12.6. The van der Waals surface area contributed by atoms with E-state index in [1.165, 1.54) is 43.4 Å². The van der Waals surface area contributed by atoms with Crippen molar-refractivity contribution >= 4 is 50.7 Å². The predicted molar refractivity (Wildman–Crippen MR) is 165 cm³/mol. The van der Waals surface area contributed by atoms with Crippen molar-refractivity contribution in [2.24, 2.45) is 5.92 Å². The number of nitrogens with one attached hydrogen (secondary N) is 1. The van der Waals surface area contributed by atoms with Gasteiger partial charge in [-0.25, -0.2) is 8.42 Å². The van der Waals surface area contributed by atoms with E-state index in [4.69, 9.17) is 32.7 Å². The van der Waals surface area contributed by atoms with Crippen molar-refractivity contribution in [1.29, 1.82) is 0 Å². The van der Waals surface area contributed by atoms with E-state index in [2.05, 4.69) is 5.32 Å². The summed E-state index contributed by atoms with van der Waals surface area (Å²) in [6.45, 7) is 5.24. The van der Waals surface area contributed by atoms with Gasteiger partial charge in [0, 0.05) is 29.2 Å². The molecule has 3 aromatic rings. The average Bonchev–Trinajstić information content (AvgIpc) is 2.97. The standard InChI is InChI=1S/C30H35Cl2N3O6S/c1-20(2)17-33-30(37)21(3)34(18-22-11-12-23(31)15-26(22)32)29(36)19-35(42(38,39)25-9-7-6-8-10-25)24-13-14-27(40-4)28(16-24)41-5/h6-16,20-21H,17-19H2,1-5H3,(H,33,37)/t21-/m0/s1. The number of benzene rings is 3. The molecule has 0 aliphatic heterocycles. The van der Waals surface area contributed by atoms with Crippen LogP contribution in [-0.2, 0) is 26.2 Å². The van der Waals surface area contributed by atoms with E-state index >= 15 is 0 Å². The van der Waals surface area contributed by atoms with Gasteiger partial charge in [0.15, 0.2) is 11.5 Å². The van der Waals surface area contributed by atoms with Crippen molar-refractivity contribution in [3.8, 4) is 11.5 Å². The highest BCUT2D eigenvalue weighted by Gasteiger charge is 2.33. The molecule has 0 radical (unpaired) electrons. The molecular formula is C30H35Cl2N3O6S. The summed E-state index contributed by atoms with van der Waals surface area (Å²) in [5, 5.41) is 3.57. The zero-order chi connectivity index (χ0) is 31.0. The number of sulfonamides is 1. The Hall–Kier alpha value is -3.47. The number of amides is 2. The van der Waals surface area contributed by atoms with Gasteiger partial charge in [0.2, 0.25) is 11.8 Å². The summed E-state index contributed by atoms with van der Waals surface area (Å²) < 4.78 is 39.6. The Labute approximate surface area is 257 Å². The SMILES string of the molecule is COc1ccc(N(CC(=O)N(Cc2ccc(Cl)cc2Cl)[C@@H](C)C(=O)NCC(C)C)S(=O)(=O)c2ccccc2)cc1OC. The van der Waals surface area contributed by atoms with Crippen LogP contribution in [0.2, 0.25) is 10.0 Å². The van der Waals surface area contributed by atoms with Crippen molar-refractivity contribution in [2.75, 3.05) is 31.6 Å². The minimum absolute atomic E-state index is 0.0115. The Kier molecular flexibility index (Phi) is 11.5. The van der Waals surface area contributed by atoms with Crippen LogP contribution in [0.4, 0.5) is 5.69 Å². The summed E-state index contributed by atoms with van der Waals surface area (Å²) in [6.07, 6.45) is 0. The second kappa shape index (κ2) is 14.6. The van der Waals surface area contributed by atoms with E-state index in [1.807, 2.05) is 13.8 Å². The number of carbonyl (C=O) groups is 2. The molecule has 0 fully saturated rings. The quantitative estimate of drug-likeness (QED) is 0.270. The molecule has 0 aromatic heterocycles. The molecule has 9 nitrogen and oxygen atoms in total. The molecule has 0 bridgehead atoms. The Bertz CT molecular complexity index is 1500. The molecule has 3 rings (SSSR count). The van der Waals surface area contributed by atoms with Crippen LogP contribution in [-0.4, -0.2) is 58.5 Å². The van der Waals surface area contributed by atoms with Gasteiger partial charge in [-0.3, -0.25) is 13.9 Å². The Morgan fingerprint density at radius 3 is 2.17 bits per heavy atom. The maximum absolute atomic E-state index is 14.1. The first-order valence-electron chi connectivity index (χ1n) is 13.2. The van der Waals surface area contributed by atoms with E-state index in [0.717, 1.165) is 4.31 Å². The molecule has 12 heteroatoms. The van der Waals surface area contributed by atoms with E-state index in [1.54, 1.807) is 49.4 Å². The summed E-state index contributed by atoms with van der Waals surface area (Å²) in [4.78, 5) is 28.5. The molecule has 0 unspecified atom stereocenters. The van der Waals surface area contributed by atoms with Gasteiger partial charge in [0.05, 0.1) is 24.8 Å². The number of hydrogen-bond acceptors (Lipinski definition) is 6. The van der Waals surface area contributed by atoms with Crippen molar-refractivity contribution in [1.82, 2.24) is 10.2 Å². The lowest BCUT2D eigenvalue weighted by Gasteiger charge is -2.32. The largest absolute Gasteiger partial charge is 0.493 e. The lowest BCUT2D eigenvalue weighted by molar-refractivity contribution is -0.139. The Balaban J connectivity index is 2.08. The van der Waals surface area contributed by atoms with Crippen LogP contribution in [0.5, 0.6) is 11.5 Å². The molecule has 0 saturated heterocycles. The van der Waals surface area contributed by atoms with Crippen molar-refractivity contribution in [2.45, 2.75) is 38.3 Å². The number of ether oxygens (including phenoxy) is 2. The van der Waals surface area contributed by atoms with Gasteiger partial charge in [0.1, 0.15) is 12.6 Å². The molecule has 3 aromatic carbocycles. The number of hydrogen-bond donors (Lipinski definition) is 1. The summed E-state index contributed by atoms with van der Waals surface area (Å²) in [5.41, 5.74) is 0.716. The lowest BCUT2D eigenvalue weighted by atomic mass is 10.1. The monoisotopic (exact) mass is 635 g/mol. The van der Waals surface area contributed by atoms with Crippen LogP contribution >= 0.6 is 23.2 Å². The van der Waals surface area contributed by atoms with Gasteiger partial charge in [-0.2, -0.15) is 0 Å². The average molecular weight is 637 g/mol. The summed E-state index contributed by atoms with van der Waals surface area (Å²) in [7, 11) is -1.34. The highest BCUT2D eigenvalue weighted by molar-refractivity contribution is 7.92. The third-order valence-corrected chi connectivity index (χ3v) is 8.85. The van der Waals surface area contributed by atoms with Crippen LogP contribution in [0.1, 0.15) is 26.3 Å². The molecule has 0 spiro atoms. The maximum Gasteiger partial charge on any atom is 0.264 e. The van der Waals surface area contributed by atoms with Crippen LogP contribution in [0.3, 0.4) is 0 Å². The summed E-state index contributed by atoms with van der Waals surface area (Å²) in [6, 6.07) is 16.2. The molecule has 1 N–H and O–H groups in total. The van der Waals surface area contributed by atoms with Gasteiger partial charge in [-0.15, -0.1) is 0 Å².